The van der Waals surface area contributed by atoms with E-state index in [0.717, 1.165) is 38.3 Å². The Morgan fingerprint density at radius 1 is 1.21 bits per heavy atom. The molecule has 7 nitrogen and oxygen atoms in total. The van der Waals surface area contributed by atoms with Gasteiger partial charge >= 0.3 is 11.9 Å². The molecule has 0 spiro atoms. The second kappa shape index (κ2) is 13.3. The van der Waals surface area contributed by atoms with Crippen LogP contribution in [0.5, 0.6) is 5.75 Å². The molecule has 24 heavy (non-hydrogen) atoms. The van der Waals surface area contributed by atoms with Gasteiger partial charge < -0.3 is 26.0 Å². The van der Waals surface area contributed by atoms with E-state index in [0.29, 0.717) is 12.5 Å². The minimum absolute atomic E-state index is 0.552. The van der Waals surface area contributed by atoms with Crippen molar-refractivity contribution in [1.29, 1.82) is 0 Å². The minimum Gasteiger partial charge on any atom is -0.493 e. The smallest absolute Gasteiger partial charge is 0.414 e. The van der Waals surface area contributed by atoms with E-state index in [9.17, 15) is 0 Å². The van der Waals surface area contributed by atoms with Crippen molar-refractivity contribution in [3.05, 3.63) is 29.8 Å². The molecule has 1 aromatic carbocycles. The molecule has 1 atom stereocenters. The molecule has 1 unspecified atom stereocenters. The van der Waals surface area contributed by atoms with Crippen LogP contribution < -0.4 is 15.8 Å². The third-order valence-electron chi connectivity index (χ3n) is 3.32. The molecular weight excluding hydrogens is 312 g/mol. The average molecular weight is 340 g/mol. The first kappa shape index (κ1) is 21.9. The predicted molar refractivity (Wildman–Crippen MR) is 92.5 cm³/mol. The Hall–Kier alpha value is -2.12. The summed E-state index contributed by atoms with van der Waals surface area (Å²) in [4.78, 5) is 18.2. The van der Waals surface area contributed by atoms with E-state index < -0.39 is 11.9 Å². The monoisotopic (exact) mass is 340 g/mol. The van der Waals surface area contributed by atoms with Gasteiger partial charge in [-0.2, -0.15) is 0 Å². The van der Waals surface area contributed by atoms with Gasteiger partial charge in [0.25, 0.3) is 0 Å². The summed E-state index contributed by atoms with van der Waals surface area (Å²) >= 11 is 0. The fourth-order valence-electron chi connectivity index (χ4n) is 1.85. The van der Waals surface area contributed by atoms with Crippen LogP contribution in [0, 0.1) is 0 Å². The van der Waals surface area contributed by atoms with Crippen LogP contribution in [0.1, 0.15) is 38.2 Å². The standard InChI is InChI=1S/C15H26N2O.C2H2O4/c1-3-13(2)14-7-4-5-8-15(14)18-12-6-10-17-11-9-16;3-1(4)2(5)6/h4-5,7-8,13,17H,3,6,9-12,16H2,1-2H3;(H,3,4)(H,5,6). The van der Waals surface area contributed by atoms with E-state index in [4.69, 9.17) is 30.3 Å². The molecule has 1 rings (SSSR count). The number of nitrogens with two attached hydrogens (primary N) is 1. The maximum absolute atomic E-state index is 9.10. The quantitative estimate of drug-likeness (QED) is 0.398. The summed E-state index contributed by atoms with van der Waals surface area (Å²) < 4.78 is 5.87. The van der Waals surface area contributed by atoms with E-state index in [1.54, 1.807) is 0 Å². The number of carbonyl (C=O) groups is 2. The summed E-state index contributed by atoms with van der Waals surface area (Å²) in [7, 11) is 0. The Balaban J connectivity index is 0.000000754. The molecule has 0 aliphatic rings. The molecule has 0 fully saturated rings. The highest BCUT2D eigenvalue weighted by molar-refractivity contribution is 6.27. The number of benzene rings is 1. The third kappa shape index (κ3) is 9.81. The van der Waals surface area contributed by atoms with E-state index in [2.05, 4.69) is 37.4 Å². The van der Waals surface area contributed by atoms with Gasteiger partial charge in [0.1, 0.15) is 5.75 Å². The topological polar surface area (TPSA) is 122 Å². The molecule has 1 aromatic rings. The molecule has 0 radical (unpaired) electrons. The minimum atomic E-state index is -1.82. The van der Waals surface area contributed by atoms with Crippen LogP contribution in [0.3, 0.4) is 0 Å². The molecule has 0 aliphatic heterocycles. The van der Waals surface area contributed by atoms with Crippen molar-refractivity contribution >= 4 is 11.9 Å². The summed E-state index contributed by atoms with van der Waals surface area (Å²) in [5.41, 5.74) is 6.72. The zero-order chi connectivity index (χ0) is 18.4. The highest BCUT2D eigenvalue weighted by Gasteiger charge is 2.08. The highest BCUT2D eigenvalue weighted by atomic mass is 16.5. The lowest BCUT2D eigenvalue weighted by Crippen LogP contribution is -2.24. The Morgan fingerprint density at radius 3 is 2.38 bits per heavy atom. The fourth-order valence-corrected chi connectivity index (χ4v) is 1.85. The van der Waals surface area contributed by atoms with Crippen molar-refractivity contribution in [3.8, 4) is 5.75 Å². The SMILES string of the molecule is CCC(C)c1ccccc1OCCCNCCN.O=C(O)C(=O)O. The van der Waals surface area contributed by atoms with Gasteiger partial charge in [-0.3, -0.25) is 0 Å². The Morgan fingerprint density at radius 2 is 1.83 bits per heavy atom. The number of carboxylic acid groups (broad SMARTS) is 2. The highest BCUT2D eigenvalue weighted by Crippen LogP contribution is 2.28. The van der Waals surface area contributed by atoms with Gasteiger partial charge in [0.15, 0.2) is 0 Å². The third-order valence-corrected chi connectivity index (χ3v) is 3.32. The van der Waals surface area contributed by atoms with Gasteiger partial charge in [0.05, 0.1) is 6.61 Å². The Bertz CT molecular complexity index is 482. The van der Waals surface area contributed by atoms with Crippen molar-refractivity contribution in [1.82, 2.24) is 5.32 Å². The number of nitrogens with one attached hydrogen (secondary N) is 1. The van der Waals surface area contributed by atoms with Crippen LogP contribution in [-0.4, -0.2) is 48.4 Å². The molecule has 5 N–H and O–H groups in total. The molecule has 0 saturated heterocycles. The number of aliphatic carboxylic acids is 2. The maximum atomic E-state index is 9.10. The van der Waals surface area contributed by atoms with Gasteiger partial charge in [-0.15, -0.1) is 0 Å². The number of rotatable bonds is 9. The molecule has 0 amide bonds. The van der Waals surface area contributed by atoms with Gasteiger partial charge in [0.2, 0.25) is 0 Å². The summed E-state index contributed by atoms with van der Waals surface area (Å²) in [5.74, 6) is -2.06. The van der Waals surface area contributed by atoms with Crippen LogP contribution in [0.2, 0.25) is 0 Å². The molecule has 0 saturated carbocycles. The van der Waals surface area contributed by atoms with Gasteiger partial charge in [0, 0.05) is 13.1 Å². The van der Waals surface area contributed by atoms with Crippen LogP contribution in [0.25, 0.3) is 0 Å². The zero-order valence-electron chi connectivity index (χ0n) is 14.3. The first-order valence-corrected chi connectivity index (χ1v) is 8.02. The lowest BCUT2D eigenvalue weighted by molar-refractivity contribution is -0.159. The number of carboxylic acids is 2. The number of para-hydroxylation sites is 1. The predicted octanol–water partition coefficient (Wildman–Crippen LogP) is 1.67. The lowest BCUT2D eigenvalue weighted by Gasteiger charge is -2.15. The Kier molecular flexibility index (Phi) is 12.2. The van der Waals surface area contributed by atoms with E-state index >= 15 is 0 Å². The fraction of sp³-hybridized carbons (Fsp3) is 0.529. The van der Waals surface area contributed by atoms with Crippen molar-refractivity contribution < 1.29 is 24.5 Å². The zero-order valence-corrected chi connectivity index (χ0v) is 14.3. The molecular formula is C17H28N2O5. The number of ether oxygens (including phenoxy) is 1. The van der Waals surface area contributed by atoms with E-state index in [1.165, 1.54) is 5.56 Å². The maximum Gasteiger partial charge on any atom is 0.414 e. The summed E-state index contributed by atoms with van der Waals surface area (Å²) in [5, 5.41) is 18.0. The normalized spacial score (nSPS) is 11.1. The van der Waals surface area contributed by atoms with Crippen LogP contribution in [-0.2, 0) is 9.59 Å². The summed E-state index contributed by atoms with van der Waals surface area (Å²) in [6.07, 6.45) is 2.15. The van der Waals surface area contributed by atoms with Crippen molar-refractivity contribution in [2.45, 2.75) is 32.6 Å². The van der Waals surface area contributed by atoms with Crippen LogP contribution >= 0.6 is 0 Å². The summed E-state index contributed by atoms with van der Waals surface area (Å²) in [6.45, 7) is 7.73. The molecule has 7 heteroatoms. The molecule has 0 aliphatic carbocycles. The second-order valence-corrected chi connectivity index (χ2v) is 5.20. The first-order chi connectivity index (χ1) is 11.4. The second-order valence-electron chi connectivity index (χ2n) is 5.20. The largest absolute Gasteiger partial charge is 0.493 e. The molecule has 0 aromatic heterocycles. The van der Waals surface area contributed by atoms with Crippen molar-refractivity contribution in [2.75, 3.05) is 26.2 Å². The van der Waals surface area contributed by atoms with Gasteiger partial charge in [-0.05, 0) is 36.9 Å². The lowest BCUT2D eigenvalue weighted by atomic mass is 9.98. The van der Waals surface area contributed by atoms with Crippen LogP contribution in [0.4, 0.5) is 0 Å². The van der Waals surface area contributed by atoms with Gasteiger partial charge in [-0.1, -0.05) is 32.0 Å². The van der Waals surface area contributed by atoms with Crippen molar-refractivity contribution in [2.24, 2.45) is 5.73 Å². The van der Waals surface area contributed by atoms with E-state index in [1.807, 2.05) is 6.07 Å². The average Bonchev–Trinajstić information content (AvgIpc) is 2.58. The van der Waals surface area contributed by atoms with Gasteiger partial charge in [-0.25, -0.2) is 9.59 Å². The van der Waals surface area contributed by atoms with E-state index in [-0.39, 0.29) is 0 Å². The van der Waals surface area contributed by atoms with Crippen LogP contribution in [0.15, 0.2) is 24.3 Å². The number of hydrogen-bond acceptors (Lipinski definition) is 5. The molecule has 136 valence electrons. The number of hydrogen-bond donors (Lipinski definition) is 4. The molecule has 0 heterocycles. The molecule has 0 bridgehead atoms. The first-order valence-electron chi connectivity index (χ1n) is 8.02. The summed E-state index contributed by atoms with van der Waals surface area (Å²) in [6, 6.07) is 8.34. The Labute approximate surface area is 142 Å². The van der Waals surface area contributed by atoms with Crippen molar-refractivity contribution in [3.63, 3.8) is 0 Å².